The van der Waals surface area contributed by atoms with Crippen LogP contribution in [0.15, 0.2) is 60.8 Å². The lowest BCUT2D eigenvalue weighted by molar-refractivity contribution is 0.146. The van der Waals surface area contributed by atoms with Gasteiger partial charge in [0.25, 0.3) is 0 Å². The molecule has 0 N–H and O–H groups in total. The van der Waals surface area contributed by atoms with Crippen LogP contribution < -0.4 is 4.74 Å². The summed E-state index contributed by atoms with van der Waals surface area (Å²) in [7, 11) is 0. The molecule has 4 rings (SSSR count). The van der Waals surface area contributed by atoms with Crippen LogP contribution >= 0.6 is 0 Å². The predicted octanol–water partition coefficient (Wildman–Crippen LogP) is 4.88. The van der Waals surface area contributed by atoms with Crippen molar-refractivity contribution < 1.29 is 4.74 Å². The second-order valence-electron chi connectivity index (χ2n) is 7.71. The van der Waals surface area contributed by atoms with Crippen molar-refractivity contribution in [2.45, 2.75) is 26.2 Å². The molecule has 3 nitrogen and oxygen atoms in total. The number of ether oxygens (including phenoxy) is 1. The Labute approximate surface area is 162 Å². The number of hydrogen-bond acceptors (Lipinski definition) is 3. The lowest BCUT2D eigenvalue weighted by Crippen LogP contribution is -2.38. The van der Waals surface area contributed by atoms with Crippen LogP contribution in [0.3, 0.4) is 0 Å². The molecule has 0 amide bonds. The van der Waals surface area contributed by atoms with Crippen molar-refractivity contribution >= 4 is 10.9 Å². The van der Waals surface area contributed by atoms with E-state index < -0.39 is 0 Å². The first-order chi connectivity index (χ1) is 13.3. The lowest BCUT2D eigenvalue weighted by Gasteiger charge is -2.32. The van der Waals surface area contributed by atoms with Crippen LogP contribution in [-0.4, -0.2) is 36.1 Å². The van der Waals surface area contributed by atoms with E-state index in [2.05, 4.69) is 65.5 Å². The molecule has 0 bridgehead atoms. The highest BCUT2D eigenvalue weighted by molar-refractivity contribution is 5.78. The van der Waals surface area contributed by atoms with Crippen molar-refractivity contribution in [1.82, 2.24) is 9.88 Å². The van der Waals surface area contributed by atoms with Crippen molar-refractivity contribution in [3.05, 3.63) is 71.9 Å². The summed E-state index contributed by atoms with van der Waals surface area (Å²) in [6, 6.07) is 19.0. The van der Waals surface area contributed by atoms with E-state index in [4.69, 9.17) is 4.74 Å². The number of benzene rings is 2. The van der Waals surface area contributed by atoms with Crippen molar-refractivity contribution in [2.75, 3.05) is 26.2 Å². The molecule has 0 saturated carbocycles. The number of piperidine rings is 1. The van der Waals surface area contributed by atoms with Crippen LogP contribution in [0.2, 0.25) is 0 Å². The first-order valence-corrected chi connectivity index (χ1v) is 10.0. The molecule has 1 unspecified atom stereocenters. The number of likely N-dealkylation sites (tertiary alicyclic amines) is 1. The number of fused-ring (bicyclic) bond motifs is 1. The Bertz CT molecular complexity index is 892. The van der Waals surface area contributed by atoms with Gasteiger partial charge in [0.2, 0.25) is 0 Å². The Balaban J connectivity index is 1.29. The summed E-state index contributed by atoms with van der Waals surface area (Å²) in [5.74, 6) is 1.69. The molecule has 1 fully saturated rings. The number of aromatic nitrogens is 1. The van der Waals surface area contributed by atoms with Gasteiger partial charge in [0.05, 0.1) is 5.52 Å². The summed E-state index contributed by atoms with van der Waals surface area (Å²) < 4.78 is 5.94. The number of pyridine rings is 1. The summed E-state index contributed by atoms with van der Waals surface area (Å²) in [5, 5.41) is 1.24. The number of aryl methyl sites for hydroxylation is 1. The third kappa shape index (κ3) is 4.86. The van der Waals surface area contributed by atoms with Gasteiger partial charge in [-0.05, 0) is 74.0 Å². The Morgan fingerprint density at radius 2 is 2.04 bits per heavy atom. The van der Waals surface area contributed by atoms with E-state index in [9.17, 15) is 0 Å². The fraction of sp³-hybridized carbons (Fsp3) is 0.375. The molecule has 1 aliphatic heterocycles. The molecule has 27 heavy (non-hydrogen) atoms. The predicted molar refractivity (Wildman–Crippen MR) is 111 cm³/mol. The minimum absolute atomic E-state index is 0.709. The van der Waals surface area contributed by atoms with Crippen molar-refractivity contribution in [2.24, 2.45) is 5.92 Å². The normalized spacial score (nSPS) is 17.9. The Hall–Kier alpha value is -2.39. The highest BCUT2D eigenvalue weighted by Crippen LogP contribution is 2.22. The summed E-state index contributed by atoms with van der Waals surface area (Å²) in [5.41, 5.74) is 3.69. The van der Waals surface area contributed by atoms with Crippen LogP contribution in [0.25, 0.3) is 10.9 Å². The van der Waals surface area contributed by atoms with Gasteiger partial charge in [0, 0.05) is 24.7 Å². The van der Waals surface area contributed by atoms with E-state index in [-0.39, 0.29) is 0 Å². The Morgan fingerprint density at radius 3 is 2.96 bits per heavy atom. The number of rotatable bonds is 6. The number of hydrogen-bond donors (Lipinski definition) is 0. The smallest absolute Gasteiger partial charge is 0.119 e. The molecule has 0 spiro atoms. The van der Waals surface area contributed by atoms with Gasteiger partial charge in [0.15, 0.2) is 0 Å². The largest absolute Gasteiger partial charge is 0.492 e. The summed E-state index contributed by atoms with van der Waals surface area (Å²) in [4.78, 5) is 7.18. The van der Waals surface area contributed by atoms with Gasteiger partial charge in [-0.2, -0.15) is 0 Å². The first kappa shape index (κ1) is 18.0. The van der Waals surface area contributed by atoms with Gasteiger partial charge < -0.3 is 4.74 Å². The van der Waals surface area contributed by atoms with Crippen LogP contribution in [0.5, 0.6) is 5.75 Å². The molecule has 1 aromatic heterocycles. The van der Waals surface area contributed by atoms with E-state index in [0.717, 1.165) is 37.4 Å². The molecule has 3 aromatic rings. The molecule has 3 heteroatoms. The standard InChI is InChI=1S/C24H28N2O/c1-19-6-4-9-23(14-19)27-13-12-26-11-5-7-20(18-26)15-21-16-22-8-2-3-10-24(22)25-17-21/h2-4,6,8-10,14,16-17,20H,5,7,11-13,15,18H2,1H3. The maximum atomic E-state index is 5.94. The van der Waals surface area contributed by atoms with Crippen LogP contribution in [0.1, 0.15) is 24.0 Å². The van der Waals surface area contributed by atoms with Gasteiger partial charge in [-0.1, -0.05) is 30.3 Å². The Morgan fingerprint density at radius 1 is 1.11 bits per heavy atom. The maximum Gasteiger partial charge on any atom is 0.119 e. The molecule has 2 aromatic carbocycles. The summed E-state index contributed by atoms with van der Waals surface area (Å²) >= 11 is 0. The zero-order valence-corrected chi connectivity index (χ0v) is 16.1. The third-order valence-electron chi connectivity index (χ3n) is 5.44. The summed E-state index contributed by atoms with van der Waals surface area (Å²) in [6.45, 7) is 6.20. The SMILES string of the molecule is Cc1cccc(OCCN2CCCC(Cc3cnc4ccccc4c3)C2)c1. The zero-order chi connectivity index (χ0) is 18.5. The van der Waals surface area contributed by atoms with E-state index in [1.54, 1.807) is 0 Å². The van der Waals surface area contributed by atoms with Crippen molar-refractivity contribution in [3.8, 4) is 5.75 Å². The van der Waals surface area contributed by atoms with Crippen molar-refractivity contribution in [3.63, 3.8) is 0 Å². The first-order valence-electron chi connectivity index (χ1n) is 10.0. The van der Waals surface area contributed by atoms with Crippen LogP contribution in [-0.2, 0) is 6.42 Å². The van der Waals surface area contributed by atoms with E-state index in [1.807, 2.05) is 12.1 Å². The maximum absolute atomic E-state index is 5.94. The quantitative estimate of drug-likeness (QED) is 0.627. The second-order valence-corrected chi connectivity index (χ2v) is 7.71. The van der Waals surface area contributed by atoms with Gasteiger partial charge in [-0.15, -0.1) is 0 Å². The van der Waals surface area contributed by atoms with Crippen LogP contribution in [0, 0.1) is 12.8 Å². The number of para-hydroxylation sites is 1. The number of nitrogens with zero attached hydrogens (tertiary/aromatic N) is 2. The molecule has 2 heterocycles. The van der Waals surface area contributed by atoms with Crippen molar-refractivity contribution in [1.29, 1.82) is 0 Å². The zero-order valence-electron chi connectivity index (χ0n) is 16.1. The highest BCUT2D eigenvalue weighted by Gasteiger charge is 2.20. The Kier molecular flexibility index (Phi) is 5.69. The van der Waals surface area contributed by atoms with E-state index in [0.29, 0.717) is 5.92 Å². The lowest BCUT2D eigenvalue weighted by atomic mass is 9.91. The van der Waals surface area contributed by atoms with Gasteiger partial charge in [-0.25, -0.2) is 0 Å². The van der Waals surface area contributed by atoms with Gasteiger partial charge in [0.1, 0.15) is 12.4 Å². The molecular weight excluding hydrogens is 332 g/mol. The summed E-state index contributed by atoms with van der Waals surface area (Å²) in [6.07, 6.45) is 5.76. The fourth-order valence-electron chi connectivity index (χ4n) is 4.08. The van der Waals surface area contributed by atoms with E-state index >= 15 is 0 Å². The molecule has 0 aliphatic carbocycles. The van der Waals surface area contributed by atoms with Gasteiger partial charge in [-0.3, -0.25) is 9.88 Å². The minimum Gasteiger partial charge on any atom is -0.492 e. The molecule has 1 atom stereocenters. The minimum atomic E-state index is 0.709. The van der Waals surface area contributed by atoms with E-state index in [1.165, 1.54) is 35.9 Å². The topological polar surface area (TPSA) is 25.4 Å². The highest BCUT2D eigenvalue weighted by atomic mass is 16.5. The molecule has 1 aliphatic rings. The van der Waals surface area contributed by atoms with Gasteiger partial charge >= 0.3 is 0 Å². The molecule has 0 radical (unpaired) electrons. The second kappa shape index (κ2) is 8.53. The third-order valence-corrected chi connectivity index (χ3v) is 5.44. The molecular formula is C24H28N2O. The fourth-order valence-corrected chi connectivity index (χ4v) is 4.08. The van der Waals surface area contributed by atoms with Crippen LogP contribution in [0.4, 0.5) is 0 Å². The average Bonchev–Trinajstić information content (AvgIpc) is 2.68. The monoisotopic (exact) mass is 360 g/mol. The average molecular weight is 361 g/mol. The molecule has 140 valence electrons. The molecule has 1 saturated heterocycles.